The van der Waals surface area contributed by atoms with Gasteiger partial charge in [-0.3, -0.25) is 5.43 Å². The fourth-order valence-electron chi connectivity index (χ4n) is 4.61. The van der Waals surface area contributed by atoms with Crippen LogP contribution in [0.25, 0.3) is 0 Å². The molecule has 0 spiro atoms. The molecule has 2 aliphatic rings. The first-order chi connectivity index (χ1) is 13.3. The first kappa shape index (κ1) is 16.6. The highest BCUT2D eigenvalue weighted by Crippen LogP contribution is 2.43. The lowest BCUT2D eigenvalue weighted by atomic mass is 9.75. The minimum absolute atomic E-state index is 0.247. The summed E-state index contributed by atoms with van der Waals surface area (Å²) in [5.74, 6) is 2.08. The molecule has 2 N–H and O–H groups in total. The van der Waals surface area contributed by atoms with Crippen LogP contribution in [0.3, 0.4) is 0 Å². The lowest BCUT2D eigenvalue weighted by Crippen LogP contribution is -2.34. The Bertz CT molecular complexity index is 900. The van der Waals surface area contributed by atoms with Gasteiger partial charge in [0.25, 0.3) is 0 Å². The van der Waals surface area contributed by atoms with Gasteiger partial charge in [0.2, 0.25) is 0 Å². The van der Waals surface area contributed by atoms with Crippen molar-refractivity contribution < 1.29 is 0 Å². The fourth-order valence-corrected chi connectivity index (χ4v) is 4.61. The molecule has 7 nitrogen and oxygen atoms in total. The maximum absolute atomic E-state index is 4.57. The highest BCUT2D eigenvalue weighted by molar-refractivity contribution is 5.16. The molecular formula is C20H25N7. The van der Waals surface area contributed by atoms with Gasteiger partial charge in [0, 0.05) is 43.5 Å². The third kappa shape index (κ3) is 3.17. The molecule has 1 saturated heterocycles. The van der Waals surface area contributed by atoms with Crippen molar-refractivity contribution >= 4 is 0 Å². The summed E-state index contributed by atoms with van der Waals surface area (Å²) in [4.78, 5) is 4.57. The van der Waals surface area contributed by atoms with Gasteiger partial charge in [-0.2, -0.15) is 0 Å². The van der Waals surface area contributed by atoms with Gasteiger partial charge in [-0.05, 0) is 24.8 Å². The van der Waals surface area contributed by atoms with Crippen molar-refractivity contribution in [2.45, 2.75) is 43.8 Å². The topological polar surface area (TPSA) is 72.6 Å². The molecule has 0 amide bonds. The van der Waals surface area contributed by atoms with Crippen molar-refractivity contribution in [3.8, 4) is 0 Å². The van der Waals surface area contributed by atoms with E-state index in [1.807, 2.05) is 23.1 Å². The maximum atomic E-state index is 4.57. The Morgan fingerprint density at radius 3 is 2.85 bits per heavy atom. The molecule has 3 aromatic rings. The molecule has 0 radical (unpaired) electrons. The van der Waals surface area contributed by atoms with Gasteiger partial charge in [-0.15, -0.1) is 5.10 Å². The summed E-state index contributed by atoms with van der Waals surface area (Å²) in [6.45, 7) is 0.769. The smallest absolute Gasteiger partial charge is 0.127 e. The highest BCUT2D eigenvalue weighted by Gasteiger charge is 2.43. The molecule has 2 aromatic heterocycles. The van der Waals surface area contributed by atoms with Crippen LogP contribution in [0.5, 0.6) is 0 Å². The van der Waals surface area contributed by atoms with E-state index >= 15 is 0 Å². The summed E-state index contributed by atoms with van der Waals surface area (Å²) in [5, 5.41) is 8.88. The number of fused-ring (bicyclic) bond motifs is 1. The Balaban J connectivity index is 1.31. The van der Waals surface area contributed by atoms with Crippen molar-refractivity contribution in [2.24, 2.45) is 13.0 Å². The number of hydrogen-bond donors (Lipinski definition) is 2. The van der Waals surface area contributed by atoms with Crippen molar-refractivity contribution in [3.05, 3.63) is 66.0 Å². The number of nitrogens with zero attached hydrogens (tertiary/aromatic N) is 5. The van der Waals surface area contributed by atoms with E-state index in [0.29, 0.717) is 17.9 Å². The molecule has 0 bridgehead atoms. The van der Waals surface area contributed by atoms with E-state index in [2.05, 4.69) is 68.2 Å². The average Bonchev–Trinajstić information content (AvgIpc) is 3.41. The number of hydrogen-bond acceptors (Lipinski definition) is 5. The molecule has 3 heterocycles. The molecule has 1 aliphatic heterocycles. The normalized spacial score (nSPS) is 27.6. The average molecular weight is 363 g/mol. The molecule has 140 valence electrons. The second-order valence-electron chi connectivity index (χ2n) is 7.77. The standard InChI is InChI=1S/C20H25N7/c1-26-10-9-21-20(26)19-16-11-15(7-8-17(16)22-24-19)18-13-27(25-23-18)12-14-5-3-2-4-6-14/h2-6,9-10,13,15-17,19,22,24H,7-8,11-12H2,1H3. The van der Waals surface area contributed by atoms with E-state index in [1.54, 1.807) is 0 Å². The van der Waals surface area contributed by atoms with E-state index in [-0.39, 0.29) is 6.04 Å². The molecule has 2 fully saturated rings. The summed E-state index contributed by atoms with van der Waals surface area (Å²) >= 11 is 0. The summed E-state index contributed by atoms with van der Waals surface area (Å²) in [6, 6.07) is 11.2. The van der Waals surface area contributed by atoms with Crippen LogP contribution in [-0.2, 0) is 13.6 Å². The summed E-state index contributed by atoms with van der Waals surface area (Å²) in [7, 11) is 2.06. The molecule has 1 aliphatic carbocycles. The summed E-state index contributed by atoms with van der Waals surface area (Å²) in [6.07, 6.45) is 9.41. The first-order valence-electron chi connectivity index (χ1n) is 9.70. The fraction of sp³-hybridized carbons (Fsp3) is 0.450. The SMILES string of the molecule is Cn1ccnc1C1NNC2CCC(c3cn(Cc4ccccc4)nn3)CC21. The summed E-state index contributed by atoms with van der Waals surface area (Å²) < 4.78 is 4.07. The second-order valence-corrected chi connectivity index (χ2v) is 7.77. The number of nitrogens with one attached hydrogen (secondary N) is 2. The Morgan fingerprint density at radius 2 is 2.04 bits per heavy atom. The van der Waals surface area contributed by atoms with Crippen molar-refractivity contribution in [2.75, 3.05) is 0 Å². The number of imidazole rings is 1. The van der Waals surface area contributed by atoms with Crippen LogP contribution in [0.2, 0.25) is 0 Å². The van der Waals surface area contributed by atoms with E-state index in [1.165, 1.54) is 5.56 Å². The molecule has 1 saturated carbocycles. The van der Waals surface area contributed by atoms with Crippen molar-refractivity contribution in [1.29, 1.82) is 0 Å². The Labute approximate surface area is 158 Å². The monoisotopic (exact) mass is 363 g/mol. The lowest BCUT2D eigenvalue weighted by molar-refractivity contribution is 0.270. The largest absolute Gasteiger partial charge is 0.337 e. The van der Waals surface area contributed by atoms with Gasteiger partial charge in [0.05, 0.1) is 18.3 Å². The minimum Gasteiger partial charge on any atom is -0.337 e. The van der Waals surface area contributed by atoms with Crippen LogP contribution >= 0.6 is 0 Å². The van der Waals surface area contributed by atoms with Gasteiger partial charge in [0.1, 0.15) is 5.82 Å². The van der Waals surface area contributed by atoms with Crippen LogP contribution in [-0.4, -0.2) is 30.6 Å². The van der Waals surface area contributed by atoms with Crippen LogP contribution in [0.15, 0.2) is 48.9 Å². The van der Waals surface area contributed by atoms with Crippen molar-refractivity contribution in [3.63, 3.8) is 0 Å². The Kier molecular flexibility index (Phi) is 4.26. The maximum Gasteiger partial charge on any atom is 0.127 e. The second kappa shape index (κ2) is 6.90. The molecule has 27 heavy (non-hydrogen) atoms. The van der Waals surface area contributed by atoms with Crippen LogP contribution in [0.1, 0.15) is 48.3 Å². The van der Waals surface area contributed by atoms with Gasteiger partial charge >= 0.3 is 0 Å². The molecule has 5 rings (SSSR count). The highest BCUT2D eigenvalue weighted by atomic mass is 15.4. The van der Waals surface area contributed by atoms with Gasteiger partial charge in [0.15, 0.2) is 0 Å². The van der Waals surface area contributed by atoms with Gasteiger partial charge < -0.3 is 4.57 Å². The van der Waals surface area contributed by atoms with E-state index in [4.69, 9.17) is 0 Å². The van der Waals surface area contributed by atoms with Crippen LogP contribution in [0.4, 0.5) is 0 Å². The molecule has 4 unspecified atom stereocenters. The van der Waals surface area contributed by atoms with Gasteiger partial charge in [-0.25, -0.2) is 15.1 Å². The quantitative estimate of drug-likeness (QED) is 0.743. The third-order valence-corrected chi connectivity index (χ3v) is 6.05. The molecular weight excluding hydrogens is 338 g/mol. The van der Waals surface area contributed by atoms with Crippen molar-refractivity contribution in [1.82, 2.24) is 35.4 Å². The van der Waals surface area contributed by atoms with Crippen LogP contribution in [0, 0.1) is 5.92 Å². The van der Waals surface area contributed by atoms with E-state index in [0.717, 1.165) is 37.3 Å². The van der Waals surface area contributed by atoms with Crippen LogP contribution < -0.4 is 10.9 Å². The molecule has 1 aromatic carbocycles. The number of rotatable bonds is 4. The Hall–Kier alpha value is -2.51. The first-order valence-corrected chi connectivity index (χ1v) is 9.70. The van der Waals surface area contributed by atoms with Gasteiger partial charge in [-0.1, -0.05) is 35.5 Å². The number of benzene rings is 1. The summed E-state index contributed by atoms with van der Waals surface area (Å²) in [5.41, 5.74) is 9.33. The number of hydrazine groups is 1. The zero-order valence-corrected chi connectivity index (χ0v) is 15.5. The zero-order chi connectivity index (χ0) is 18.2. The third-order valence-electron chi connectivity index (χ3n) is 6.05. The zero-order valence-electron chi connectivity index (χ0n) is 15.5. The molecule has 7 heteroatoms. The Morgan fingerprint density at radius 1 is 1.15 bits per heavy atom. The predicted molar refractivity (Wildman–Crippen MR) is 102 cm³/mol. The molecule has 4 atom stereocenters. The van der Waals surface area contributed by atoms with E-state index < -0.39 is 0 Å². The van der Waals surface area contributed by atoms with E-state index in [9.17, 15) is 0 Å². The lowest BCUT2D eigenvalue weighted by Gasteiger charge is -2.32. The number of aryl methyl sites for hydroxylation is 1. The minimum atomic E-state index is 0.247. The number of aromatic nitrogens is 5. The predicted octanol–water partition coefficient (Wildman–Crippen LogP) is 2.16.